The summed E-state index contributed by atoms with van der Waals surface area (Å²) in [5, 5.41) is 0. The van der Waals surface area contributed by atoms with Crippen LogP contribution in [0.15, 0.2) is 54.6 Å². The Labute approximate surface area is 174 Å². The predicted molar refractivity (Wildman–Crippen MR) is 107 cm³/mol. The van der Waals surface area contributed by atoms with Gasteiger partial charge in [0.05, 0.1) is 0 Å². The molecule has 0 spiro atoms. The zero-order valence-corrected chi connectivity index (χ0v) is 17.3. The van der Waals surface area contributed by atoms with Crippen molar-refractivity contribution in [3.8, 4) is 5.75 Å². The van der Waals surface area contributed by atoms with Gasteiger partial charge in [0.2, 0.25) is 0 Å². The van der Waals surface area contributed by atoms with Gasteiger partial charge < -0.3 is 4.18 Å². The normalized spacial score (nSPS) is 25.1. The molecule has 1 aliphatic heterocycles. The van der Waals surface area contributed by atoms with Crippen molar-refractivity contribution in [3.05, 3.63) is 65.7 Å². The van der Waals surface area contributed by atoms with Crippen LogP contribution in [0.1, 0.15) is 43.2 Å². The Hall–Kier alpha value is -2.06. The lowest BCUT2D eigenvalue weighted by atomic mass is 9.63. The van der Waals surface area contributed by atoms with Crippen molar-refractivity contribution in [2.75, 3.05) is 6.54 Å². The summed E-state index contributed by atoms with van der Waals surface area (Å²) >= 11 is 0. The minimum absolute atomic E-state index is 0.155. The second-order valence-electron chi connectivity index (χ2n) is 8.25. The van der Waals surface area contributed by atoms with Crippen molar-refractivity contribution in [3.63, 3.8) is 0 Å². The van der Waals surface area contributed by atoms with E-state index < -0.39 is 15.6 Å². The van der Waals surface area contributed by atoms with Crippen LogP contribution in [-0.4, -0.2) is 31.4 Å². The Morgan fingerprint density at radius 3 is 2.57 bits per heavy atom. The molecule has 2 aromatic rings. The molecular formula is C22H24F3NO3S. The van der Waals surface area contributed by atoms with Crippen LogP contribution in [0.3, 0.4) is 0 Å². The Morgan fingerprint density at radius 1 is 1.07 bits per heavy atom. The van der Waals surface area contributed by atoms with Crippen LogP contribution in [0.4, 0.5) is 13.2 Å². The minimum atomic E-state index is -5.67. The topological polar surface area (TPSA) is 46.6 Å². The Bertz CT molecular complexity index is 994. The Kier molecular flexibility index (Phi) is 5.57. The van der Waals surface area contributed by atoms with Gasteiger partial charge in [0.1, 0.15) is 5.75 Å². The molecular weight excluding hydrogens is 415 g/mol. The summed E-state index contributed by atoms with van der Waals surface area (Å²) < 4.78 is 65.2. The monoisotopic (exact) mass is 439 g/mol. The van der Waals surface area contributed by atoms with Crippen molar-refractivity contribution >= 4 is 10.1 Å². The molecule has 0 amide bonds. The molecule has 4 rings (SSSR count). The largest absolute Gasteiger partial charge is 0.534 e. The first-order valence-corrected chi connectivity index (χ1v) is 11.5. The number of halogens is 3. The maximum atomic E-state index is 12.7. The molecule has 2 bridgehead atoms. The third-order valence-corrected chi connectivity index (χ3v) is 7.36. The molecule has 1 saturated carbocycles. The van der Waals surface area contributed by atoms with E-state index in [0.717, 1.165) is 50.8 Å². The number of rotatable bonds is 5. The Morgan fingerprint density at radius 2 is 1.83 bits per heavy atom. The lowest BCUT2D eigenvalue weighted by molar-refractivity contribution is -0.0500. The van der Waals surface area contributed by atoms with Gasteiger partial charge in [-0.1, -0.05) is 48.9 Å². The number of hydrogen-bond acceptors (Lipinski definition) is 4. The average molecular weight is 439 g/mol. The van der Waals surface area contributed by atoms with Crippen molar-refractivity contribution < 1.29 is 25.8 Å². The van der Waals surface area contributed by atoms with Gasteiger partial charge >= 0.3 is 15.6 Å². The summed E-state index contributed by atoms with van der Waals surface area (Å²) in [6, 6.07) is 16.9. The second kappa shape index (κ2) is 7.89. The van der Waals surface area contributed by atoms with Crippen molar-refractivity contribution in [1.82, 2.24) is 4.90 Å². The van der Waals surface area contributed by atoms with E-state index in [9.17, 15) is 21.6 Å². The molecule has 30 heavy (non-hydrogen) atoms. The molecule has 1 saturated heterocycles. The number of nitrogens with zero attached hydrogens (tertiary/aromatic N) is 1. The lowest BCUT2D eigenvalue weighted by Gasteiger charge is -2.51. The highest BCUT2D eigenvalue weighted by Crippen LogP contribution is 2.48. The van der Waals surface area contributed by atoms with E-state index in [2.05, 4.69) is 21.2 Å². The van der Waals surface area contributed by atoms with Gasteiger partial charge in [-0.15, -0.1) is 0 Å². The Balaban J connectivity index is 1.53. The average Bonchev–Trinajstić information content (AvgIpc) is 2.70. The summed E-state index contributed by atoms with van der Waals surface area (Å²) in [4.78, 5) is 2.49. The molecule has 0 aromatic heterocycles. The summed E-state index contributed by atoms with van der Waals surface area (Å²) in [5.74, 6) is -0.284. The number of likely N-dealkylation sites (tertiary alicyclic amines) is 1. The van der Waals surface area contributed by atoms with Gasteiger partial charge in [-0.2, -0.15) is 21.6 Å². The molecule has 8 heteroatoms. The lowest BCUT2D eigenvalue weighted by Crippen LogP contribution is -2.51. The highest BCUT2D eigenvalue weighted by molar-refractivity contribution is 7.88. The van der Waals surface area contributed by atoms with E-state index >= 15 is 0 Å². The molecule has 2 aromatic carbocycles. The van der Waals surface area contributed by atoms with E-state index in [4.69, 9.17) is 0 Å². The number of piperidine rings is 1. The molecule has 2 atom stereocenters. The van der Waals surface area contributed by atoms with Crippen molar-refractivity contribution in [2.24, 2.45) is 0 Å². The maximum Gasteiger partial charge on any atom is 0.534 e. The highest BCUT2D eigenvalue weighted by atomic mass is 32.2. The minimum Gasteiger partial charge on any atom is -0.376 e. The number of benzene rings is 2. The standard InChI is InChI=1S/C22H24F3NO3S/c23-22(24,25)30(27,28)29-20-10-4-8-18(14-20)21-11-5-9-19(15-21)26(13-12-21)16-17-6-2-1-3-7-17/h1-4,6-8,10,14,19H,5,9,11-13,15-16H2. The number of fused-ring (bicyclic) bond motifs is 2. The van der Waals surface area contributed by atoms with Crippen molar-refractivity contribution in [1.29, 1.82) is 0 Å². The van der Waals surface area contributed by atoms with E-state index in [-0.39, 0.29) is 11.2 Å². The molecule has 1 heterocycles. The van der Waals surface area contributed by atoms with Crippen LogP contribution in [0.5, 0.6) is 5.75 Å². The zero-order valence-electron chi connectivity index (χ0n) is 16.4. The first kappa shape index (κ1) is 21.2. The van der Waals surface area contributed by atoms with Crippen LogP contribution in [0.2, 0.25) is 0 Å². The fourth-order valence-corrected chi connectivity index (χ4v) is 5.35. The van der Waals surface area contributed by atoms with Gasteiger partial charge in [0, 0.05) is 12.6 Å². The fraction of sp³-hybridized carbons (Fsp3) is 0.455. The summed E-state index contributed by atoms with van der Waals surface area (Å²) in [7, 11) is -5.67. The molecule has 1 aliphatic carbocycles. The number of hydrogen-bond donors (Lipinski definition) is 0. The SMILES string of the molecule is O=S(=O)(Oc1cccc(C23CCCC(C2)N(Cc2ccccc2)CC3)c1)C(F)(F)F. The van der Waals surface area contributed by atoms with Crippen LogP contribution < -0.4 is 4.18 Å². The van der Waals surface area contributed by atoms with Crippen LogP contribution in [0.25, 0.3) is 0 Å². The maximum absolute atomic E-state index is 12.7. The zero-order chi connectivity index (χ0) is 21.4. The quantitative estimate of drug-likeness (QED) is 0.486. The molecule has 0 N–H and O–H groups in total. The van der Waals surface area contributed by atoms with Crippen LogP contribution in [0, 0.1) is 0 Å². The third kappa shape index (κ3) is 4.21. The fourth-order valence-electron chi connectivity index (χ4n) is 4.89. The molecule has 2 aliphatic rings. The van der Waals surface area contributed by atoms with Gasteiger partial charge in [0.25, 0.3) is 0 Å². The first-order chi connectivity index (χ1) is 14.2. The van der Waals surface area contributed by atoms with Gasteiger partial charge in [-0.25, -0.2) is 0 Å². The smallest absolute Gasteiger partial charge is 0.376 e. The van der Waals surface area contributed by atoms with E-state index in [1.807, 2.05) is 24.3 Å². The summed E-state index contributed by atoms with van der Waals surface area (Å²) in [6.45, 7) is 1.78. The van der Waals surface area contributed by atoms with Crippen LogP contribution >= 0.6 is 0 Å². The van der Waals surface area contributed by atoms with Gasteiger partial charge in [0.15, 0.2) is 0 Å². The highest BCUT2D eigenvalue weighted by Gasteiger charge is 2.49. The van der Waals surface area contributed by atoms with Crippen molar-refractivity contribution in [2.45, 2.75) is 55.6 Å². The number of alkyl halides is 3. The van der Waals surface area contributed by atoms with E-state index in [0.29, 0.717) is 6.04 Å². The molecule has 0 radical (unpaired) electrons. The van der Waals surface area contributed by atoms with E-state index in [1.165, 1.54) is 17.7 Å². The van der Waals surface area contributed by atoms with Gasteiger partial charge in [-0.3, -0.25) is 4.90 Å². The van der Waals surface area contributed by atoms with Gasteiger partial charge in [-0.05, 0) is 60.9 Å². The molecule has 2 unspecified atom stereocenters. The second-order valence-corrected chi connectivity index (χ2v) is 9.79. The molecule has 2 fully saturated rings. The molecule has 4 nitrogen and oxygen atoms in total. The first-order valence-electron chi connectivity index (χ1n) is 10.1. The summed E-state index contributed by atoms with van der Waals surface area (Å²) in [6.07, 6.45) is 4.86. The predicted octanol–water partition coefficient (Wildman–Crippen LogP) is 5.00. The van der Waals surface area contributed by atoms with E-state index in [1.54, 1.807) is 6.07 Å². The van der Waals surface area contributed by atoms with Crippen LogP contribution in [-0.2, 0) is 22.1 Å². The third-order valence-electron chi connectivity index (χ3n) is 6.38. The molecule has 162 valence electrons. The summed E-state index contributed by atoms with van der Waals surface area (Å²) in [5.41, 5.74) is -3.47.